The maximum Gasteiger partial charge on any atom is 0.308 e. The van der Waals surface area contributed by atoms with Gasteiger partial charge in [-0.25, -0.2) is 13.1 Å². The molecule has 166 valence electrons. The molecule has 1 aromatic heterocycles. The molecule has 31 heavy (non-hydrogen) atoms. The van der Waals surface area contributed by atoms with Crippen LogP contribution < -0.4 is 19.1 Å². The number of aryl methyl sites for hydroxylation is 1. The van der Waals surface area contributed by atoms with Crippen molar-refractivity contribution in [3.8, 4) is 11.5 Å². The highest BCUT2D eigenvalue weighted by molar-refractivity contribution is 7.89. The molecule has 2 heterocycles. The molecule has 1 aliphatic heterocycles. The minimum atomic E-state index is -3.83. The largest absolute Gasteiger partial charge is 0.497 e. The van der Waals surface area contributed by atoms with Gasteiger partial charge in [0.1, 0.15) is 17.1 Å². The Morgan fingerprint density at radius 1 is 1.26 bits per heavy atom. The molecule has 0 aliphatic carbocycles. The van der Waals surface area contributed by atoms with E-state index in [0.717, 1.165) is 28.8 Å². The van der Waals surface area contributed by atoms with Gasteiger partial charge in [0.05, 0.1) is 28.3 Å². The van der Waals surface area contributed by atoms with Crippen molar-refractivity contribution >= 4 is 31.6 Å². The zero-order valence-electron chi connectivity index (χ0n) is 18.0. The Kier molecular flexibility index (Phi) is 5.61. The molecule has 0 spiro atoms. The lowest BCUT2D eigenvalue weighted by Gasteiger charge is -2.37. The van der Waals surface area contributed by atoms with Gasteiger partial charge in [-0.1, -0.05) is 18.3 Å². The van der Waals surface area contributed by atoms with Gasteiger partial charge in [0.25, 0.3) is 0 Å². The predicted molar refractivity (Wildman–Crippen MR) is 122 cm³/mol. The molecule has 0 amide bonds. The molecule has 0 fully saturated rings. The van der Waals surface area contributed by atoms with E-state index in [2.05, 4.69) is 4.72 Å². The van der Waals surface area contributed by atoms with Crippen molar-refractivity contribution in [3.05, 3.63) is 51.6 Å². The molecule has 2 aromatic carbocycles. The number of hydrogen-bond donors (Lipinski definition) is 1. The lowest BCUT2D eigenvalue weighted by atomic mass is 9.90. The average molecular weight is 463 g/mol. The van der Waals surface area contributed by atoms with Gasteiger partial charge in [-0.15, -0.1) is 0 Å². The zero-order chi connectivity index (χ0) is 22.4. The highest BCUT2D eigenvalue weighted by atomic mass is 32.2. The standard InChI is InChI=1S/C22H26N2O5S2/c1-5-10-24-18-8-7-15(12-20(18)30-21(24)25)31(26,27)23-17-13-22(2,3)29-19-9-6-14(28-4)11-16(17)19/h6-9,11-12,17,23H,5,10,13H2,1-4H3. The Morgan fingerprint density at radius 2 is 2.03 bits per heavy atom. The summed E-state index contributed by atoms with van der Waals surface area (Å²) in [7, 11) is -2.26. The number of methoxy groups -OCH3 is 1. The Morgan fingerprint density at radius 3 is 2.74 bits per heavy atom. The van der Waals surface area contributed by atoms with Crippen molar-refractivity contribution in [1.82, 2.24) is 9.29 Å². The normalized spacial score (nSPS) is 17.9. The first-order valence-electron chi connectivity index (χ1n) is 10.2. The van der Waals surface area contributed by atoms with Gasteiger partial charge < -0.3 is 9.47 Å². The number of nitrogens with one attached hydrogen (secondary N) is 1. The Bertz CT molecular complexity index is 1290. The first kappa shape index (κ1) is 21.9. The third-order valence-electron chi connectivity index (χ3n) is 5.37. The van der Waals surface area contributed by atoms with Crippen LogP contribution in [-0.2, 0) is 16.6 Å². The molecule has 0 bridgehead atoms. The molecule has 4 rings (SSSR count). The van der Waals surface area contributed by atoms with Gasteiger partial charge in [-0.05, 0) is 56.7 Å². The van der Waals surface area contributed by atoms with E-state index in [0.29, 0.717) is 29.2 Å². The highest BCUT2D eigenvalue weighted by Crippen LogP contribution is 2.41. The number of benzene rings is 2. The van der Waals surface area contributed by atoms with Crippen LogP contribution in [0.3, 0.4) is 0 Å². The second-order valence-corrected chi connectivity index (χ2v) is 11.0. The molecule has 9 heteroatoms. The molecule has 1 N–H and O–H groups in total. The molecule has 0 radical (unpaired) electrons. The summed E-state index contributed by atoms with van der Waals surface area (Å²) in [6.07, 6.45) is 1.30. The second-order valence-electron chi connectivity index (χ2n) is 8.29. The minimum absolute atomic E-state index is 0.0773. The molecule has 3 aromatic rings. The van der Waals surface area contributed by atoms with Gasteiger partial charge in [0, 0.05) is 18.5 Å². The van der Waals surface area contributed by atoms with Crippen LogP contribution in [0.15, 0.2) is 46.1 Å². The monoisotopic (exact) mass is 462 g/mol. The van der Waals surface area contributed by atoms with Crippen LogP contribution in [0.25, 0.3) is 10.2 Å². The van der Waals surface area contributed by atoms with E-state index in [1.165, 1.54) is 0 Å². The molecular formula is C22H26N2O5S2. The van der Waals surface area contributed by atoms with Crippen LogP contribution in [0.2, 0.25) is 0 Å². The van der Waals surface area contributed by atoms with Gasteiger partial charge in [0.2, 0.25) is 10.0 Å². The van der Waals surface area contributed by atoms with Crippen LogP contribution in [0.4, 0.5) is 0 Å². The second kappa shape index (κ2) is 7.96. The Balaban J connectivity index is 1.71. The summed E-state index contributed by atoms with van der Waals surface area (Å²) in [5.74, 6) is 1.27. The van der Waals surface area contributed by atoms with Crippen LogP contribution in [0.5, 0.6) is 11.5 Å². The van der Waals surface area contributed by atoms with Crippen molar-refractivity contribution in [3.63, 3.8) is 0 Å². The van der Waals surface area contributed by atoms with E-state index < -0.39 is 21.7 Å². The van der Waals surface area contributed by atoms with Gasteiger partial charge >= 0.3 is 4.87 Å². The Labute approximate surface area is 185 Å². The van der Waals surface area contributed by atoms with E-state index in [1.54, 1.807) is 48.1 Å². The smallest absolute Gasteiger partial charge is 0.308 e. The lowest BCUT2D eigenvalue weighted by molar-refractivity contribution is 0.0700. The number of thiazole rings is 1. The van der Waals surface area contributed by atoms with Gasteiger partial charge in [-0.3, -0.25) is 9.36 Å². The number of aromatic nitrogens is 1. The minimum Gasteiger partial charge on any atom is -0.497 e. The van der Waals surface area contributed by atoms with Crippen LogP contribution in [-0.4, -0.2) is 25.7 Å². The SMILES string of the molecule is CCCn1c(=O)sc2cc(S(=O)(=O)NC3CC(C)(C)Oc4ccc(OC)cc43)ccc21. The summed E-state index contributed by atoms with van der Waals surface area (Å²) in [6, 6.07) is 9.77. The van der Waals surface area contributed by atoms with Crippen molar-refractivity contribution in [2.24, 2.45) is 0 Å². The summed E-state index contributed by atoms with van der Waals surface area (Å²) in [5, 5.41) is 0. The topological polar surface area (TPSA) is 86.6 Å². The molecule has 1 unspecified atom stereocenters. The lowest BCUT2D eigenvalue weighted by Crippen LogP contribution is -2.41. The zero-order valence-corrected chi connectivity index (χ0v) is 19.6. The summed E-state index contributed by atoms with van der Waals surface area (Å²) in [4.78, 5) is 12.3. The van der Waals surface area contributed by atoms with E-state index in [-0.39, 0.29) is 9.77 Å². The quantitative estimate of drug-likeness (QED) is 0.597. The molecule has 7 nitrogen and oxygen atoms in total. The summed E-state index contributed by atoms with van der Waals surface area (Å²) in [5.41, 5.74) is 0.968. The first-order valence-corrected chi connectivity index (χ1v) is 12.5. The van der Waals surface area contributed by atoms with Crippen molar-refractivity contribution < 1.29 is 17.9 Å². The van der Waals surface area contributed by atoms with E-state index in [4.69, 9.17) is 9.47 Å². The van der Waals surface area contributed by atoms with Crippen molar-refractivity contribution in [1.29, 1.82) is 0 Å². The fraction of sp³-hybridized carbons (Fsp3) is 0.409. The fourth-order valence-corrected chi connectivity index (χ4v) is 6.24. The average Bonchev–Trinajstić information content (AvgIpc) is 3.01. The number of ether oxygens (including phenoxy) is 2. The number of rotatable bonds is 6. The molecule has 1 atom stereocenters. The molecule has 0 saturated carbocycles. The Hall–Kier alpha value is -2.36. The van der Waals surface area contributed by atoms with E-state index >= 15 is 0 Å². The molecular weight excluding hydrogens is 436 g/mol. The van der Waals surface area contributed by atoms with Gasteiger partial charge in [0.15, 0.2) is 0 Å². The maximum atomic E-state index is 13.3. The molecule has 1 aliphatic rings. The van der Waals surface area contributed by atoms with E-state index in [9.17, 15) is 13.2 Å². The van der Waals surface area contributed by atoms with Gasteiger partial charge in [-0.2, -0.15) is 0 Å². The number of nitrogens with zero attached hydrogens (tertiary/aromatic N) is 1. The third kappa shape index (κ3) is 4.22. The number of sulfonamides is 1. The third-order valence-corrected chi connectivity index (χ3v) is 7.78. The molecule has 0 saturated heterocycles. The van der Waals surface area contributed by atoms with Crippen LogP contribution in [0.1, 0.15) is 45.2 Å². The predicted octanol–water partition coefficient (Wildman–Crippen LogP) is 4.06. The summed E-state index contributed by atoms with van der Waals surface area (Å²) < 4.78 is 43.1. The number of hydrogen-bond acceptors (Lipinski definition) is 6. The summed E-state index contributed by atoms with van der Waals surface area (Å²) >= 11 is 1.07. The van der Waals surface area contributed by atoms with Crippen LogP contribution in [0, 0.1) is 0 Å². The van der Waals surface area contributed by atoms with Crippen molar-refractivity contribution in [2.45, 2.75) is 56.7 Å². The maximum absolute atomic E-state index is 13.3. The van der Waals surface area contributed by atoms with Crippen LogP contribution >= 0.6 is 11.3 Å². The van der Waals surface area contributed by atoms with E-state index in [1.807, 2.05) is 20.8 Å². The first-order chi connectivity index (χ1) is 14.6. The fourth-order valence-electron chi connectivity index (χ4n) is 3.97. The van der Waals surface area contributed by atoms with Crippen molar-refractivity contribution in [2.75, 3.05) is 7.11 Å². The summed E-state index contributed by atoms with van der Waals surface area (Å²) in [6.45, 7) is 6.47. The number of fused-ring (bicyclic) bond motifs is 2. The highest BCUT2D eigenvalue weighted by Gasteiger charge is 2.36.